The van der Waals surface area contributed by atoms with E-state index >= 15 is 0 Å². The van der Waals surface area contributed by atoms with Crippen LogP contribution in [0.2, 0.25) is 5.02 Å². The van der Waals surface area contributed by atoms with Crippen LogP contribution in [0.4, 0.5) is 19.0 Å². The number of alkyl halides is 3. The van der Waals surface area contributed by atoms with Crippen LogP contribution in [0.25, 0.3) is 11.1 Å². The zero-order chi connectivity index (χ0) is 26.8. The first kappa shape index (κ1) is 25.2. The lowest BCUT2D eigenvalue weighted by Crippen LogP contribution is -2.34. The van der Waals surface area contributed by atoms with Crippen molar-refractivity contribution in [3.05, 3.63) is 76.4 Å². The number of anilines is 1. The molecule has 0 radical (unpaired) electrons. The Morgan fingerprint density at radius 1 is 1.05 bits per heavy atom. The Balaban J connectivity index is 1.49. The van der Waals surface area contributed by atoms with Crippen LogP contribution in [0.5, 0.6) is 0 Å². The predicted molar refractivity (Wildman–Crippen MR) is 131 cm³/mol. The molecule has 0 bridgehead atoms. The first-order chi connectivity index (χ1) is 17.3. The van der Waals surface area contributed by atoms with E-state index in [2.05, 4.69) is 15.0 Å². The third-order valence-electron chi connectivity index (χ3n) is 6.33. The highest BCUT2D eigenvalue weighted by Gasteiger charge is 2.43. The predicted octanol–water partition coefficient (Wildman–Crippen LogP) is 5.56. The lowest BCUT2D eigenvalue weighted by Gasteiger charge is -2.22. The Kier molecular flexibility index (Phi) is 5.83. The summed E-state index contributed by atoms with van der Waals surface area (Å²) in [5.74, 6) is -0.291. The average Bonchev–Trinajstić information content (AvgIpc) is 3.39. The molecule has 0 saturated heterocycles. The van der Waals surface area contributed by atoms with Crippen molar-refractivity contribution in [1.82, 2.24) is 4.98 Å². The molecular weight excluding hydrogens is 531 g/mol. The third-order valence-corrected chi connectivity index (χ3v) is 8.37. The molecule has 1 aromatic heterocycles. The summed E-state index contributed by atoms with van der Waals surface area (Å²) in [6.07, 6.45) is -3.07. The second-order valence-corrected chi connectivity index (χ2v) is 11.7. The normalized spacial score (nSPS) is 17.0. The summed E-state index contributed by atoms with van der Waals surface area (Å²) < 4.78 is 67.2. The van der Waals surface area contributed by atoms with Crippen molar-refractivity contribution >= 4 is 39.1 Å². The van der Waals surface area contributed by atoms with Crippen LogP contribution in [0.1, 0.15) is 37.0 Å². The summed E-state index contributed by atoms with van der Waals surface area (Å²) in [6.45, 7) is 3.83. The van der Waals surface area contributed by atoms with Gasteiger partial charge in [0.05, 0.1) is 21.9 Å². The number of carbonyl (C=O) groups excluding carboxylic acids is 1. The molecule has 192 valence electrons. The summed E-state index contributed by atoms with van der Waals surface area (Å²) in [6, 6.07) is 10.6. The Labute approximate surface area is 215 Å². The van der Waals surface area contributed by atoms with Gasteiger partial charge in [-0.1, -0.05) is 48.8 Å². The van der Waals surface area contributed by atoms with E-state index in [9.17, 15) is 26.4 Å². The number of hydrogen-bond acceptors (Lipinski definition) is 6. The number of aromatic nitrogens is 1. The van der Waals surface area contributed by atoms with Crippen LogP contribution in [0.15, 0.2) is 64.8 Å². The van der Waals surface area contributed by atoms with Crippen LogP contribution in [0.3, 0.4) is 0 Å². The standard InChI is InChI=1S/C25H19ClF3N3O4S/c1-24(2)13-32(37(34,35)17-7-8-18(20(26)10-17)21-11-22(33)36-31-21)23-19(24)9-15(12-30-23)14-3-5-16(6-4-14)25(27,28)29/h3-10,12H,11,13H2,1-2H3. The van der Waals surface area contributed by atoms with Crippen LogP contribution < -0.4 is 4.31 Å². The van der Waals surface area contributed by atoms with Crippen molar-refractivity contribution in [3.8, 4) is 11.1 Å². The van der Waals surface area contributed by atoms with Gasteiger partial charge in [-0.25, -0.2) is 22.5 Å². The van der Waals surface area contributed by atoms with E-state index in [-0.39, 0.29) is 28.7 Å². The molecule has 0 unspecified atom stereocenters. The summed E-state index contributed by atoms with van der Waals surface area (Å²) in [5.41, 5.74) is 1.06. The zero-order valence-electron chi connectivity index (χ0n) is 19.5. The van der Waals surface area contributed by atoms with Gasteiger partial charge in [-0.05, 0) is 35.9 Å². The number of sulfonamides is 1. The molecule has 2 aliphatic heterocycles. The van der Waals surface area contributed by atoms with Crippen molar-refractivity contribution in [1.29, 1.82) is 0 Å². The van der Waals surface area contributed by atoms with Crippen molar-refractivity contribution in [2.45, 2.75) is 36.8 Å². The first-order valence-corrected chi connectivity index (χ1v) is 12.9. The highest BCUT2D eigenvalue weighted by atomic mass is 35.5. The average molecular weight is 550 g/mol. The fourth-order valence-corrected chi connectivity index (χ4v) is 6.33. The Hall–Kier alpha value is -3.44. The van der Waals surface area contributed by atoms with Gasteiger partial charge in [0.15, 0.2) is 0 Å². The van der Waals surface area contributed by atoms with Gasteiger partial charge in [0, 0.05) is 34.8 Å². The Morgan fingerprint density at radius 2 is 1.76 bits per heavy atom. The van der Waals surface area contributed by atoms with Gasteiger partial charge in [0.1, 0.15) is 11.5 Å². The maximum atomic E-state index is 13.6. The van der Waals surface area contributed by atoms with Crippen molar-refractivity contribution < 1.29 is 31.2 Å². The summed E-state index contributed by atoms with van der Waals surface area (Å²) in [5, 5.41) is 3.77. The van der Waals surface area contributed by atoms with Crippen LogP contribution >= 0.6 is 11.6 Å². The monoisotopic (exact) mass is 549 g/mol. The second kappa shape index (κ2) is 8.56. The molecule has 0 spiro atoms. The zero-order valence-corrected chi connectivity index (χ0v) is 21.1. The van der Waals surface area contributed by atoms with E-state index < -0.39 is 33.1 Å². The van der Waals surface area contributed by atoms with Crippen molar-refractivity contribution in [2.24, 2.45) is 5.16 Å². The molecule has 12 heteroatoms. The molecule has 2 aliphatic rings. The van der Waals surface area contributed by atoms with Crippen molar-refractivity contribution in [2.75, 3.05) is 10.8 Å². The Bertz CT molecular complexity index is 1570. The molecule has 0 atom stereocenters. The summed E-state index contributed by atoms with van der Waals surface area (Å²) in [7, 11) is -4.07. The van der Waals surface area contributed by atoms with E-state index in [4.69, 9.17) is 11.6 Å². The molecule has 3 heterocycles. The number of halogens is 4. The molecular formula is C25H19ClF3N3O4S. The first-order valence-electron chi connectivity index (χ1n) is 11.0. The lowest BCUT2D eigenvalue weighted by molar-refractivity contribution is -0.140. The molecule has 0 fully saturated rings. The molecule has 37 heavy (non-hydrogen) atoms. The van der Waals surface area contributed by atoms with Gasteiger partial charge in [-0.3, -0.25) is 0 Å². The van der Waals surface area contributed by atoms with Crippen molar-refractivity contribution in [3.63, 3.8) is 0 Å². The number of pyridine rings is 1. The minimum atomic E-state index is -4.44. The number of oxime groups is 1. The maximum absolute atomic E-state index is 13.6. The largest absolute Gasteiger partial charge is 0.416 e. The number of rotatable bonds is 4. The topological polar surface area (TPSA) is 88.9 Å². The smallest absolute Gasteiger partial charge is 0.318 e. The number of hydrogen-bond donors (Lipinski definition) is 0. The van der Waals surface area contributed by atoms with Gasteiger partial charge < -0.3 is 4.84 Å². The lowest BCUT2D eigenvalue weighted by atomic mass is 9.87. The van der Waals surface area contributed by atoms with E-state index in [1.54, 1.807) is 6.07 Å². The minimum absolute atomic E-state index is 0.0648. The molecule has 5 rings (SSSR count). The van der Waals surface area contributed by atoms with E-state index in [1.165, 1.54) is 40.8 Å². The SMILES string of the molecule is CC1(C)CN(S(=O)(=O)c2ccc(C3=NOC(=O)C3)c(Cl)c2)c2ncc(-c3ccc(C(F)(F)F)cc3)cc21. The van der Waals surface area contributed by atoms with Crippen LogP contribution in [-0.2, 0) is 31.2 Å². The molecule has 0 aliphatic carbocycles. The highest BCUT2D eigenvalue weighted by molar-refractivity contribution is 7.92. The van der Waals surface area contributed by atoms with Crippen LogP contribution in [-0.4, -0.2) is 31.6 Å². The van der Waals surface area contributed by atoms with Crippen LogP contribution in [0, 0.1) is 0 Å². The molecule has 7 nitrogen and oxygen atoms in total. The highest BCUT2D eigenvalue weighted by Crippen LogP contribution is 2.44. The summed E-state index contributed by atoms with van der Waals surface area (Å²) >= 11 is 6.34. The van der Waals surface area contributed by atoms with Gasteiger partial charge in [-0.15, -0.1) is 0 Å². The molecule has 0 saturated carbocycles. The minimum Gasteiger partial charge on any atom is -0.318 e. The third kappa shape index (κ3) is 4.46. The number of fused-ring (bicyclic) bond motifs is 1. The summed E-state index contributed by atoms with van der Waals surface area (Å²) in [4.78, 5) is 20.3. The molecule has 0 amide bonds. The fourth-order valence-electron chi connectivity index (χ4n) is 4.35. The number of carbonyl (C=O) groups is 1. The Morgan fingerprint density at radius 3 is 2.35 bits per heavy atom. The molecule has 2 aromatic carbocycles. The quantitative estimate of drug-likeness (QED) is 0.398. The van der Waals surface area contributed by atoms with Gasteiger partial charge >= 0.3 is 12.1 Å². The fraction of sp³-hybridized carbons (Fsp3) is 0.240. The van der Waals surface area contributed by atoms with Gasteiger partial charge in [0.25, 0.3) is 10.0 Å². The van der Waals surface area contributed by atoms with E-state index in [0.29, 0.717) is 28.0 Å². The van der Waals surface area contributed by atoms with Gasteiger partial charge in [0.2, 0.25) is 0 Å². The maximum Gasteiger partial charge on any atom is 0.416 e. The molecule has 3 aromatic rings. The van der Waals surface area contributed by atoms with E-state index in [1.807, 2.05) is 13.8 Å². The van der Waals surface area contributed by atoms with E-state index in [0.717, 1.165) is 12.1 Å². The molecule has 0 N–H and O–H groups in total. The van der Waals surface area contributed by atoms with Gasteiger partial charge in [-0.2, -0.15) is 13.2 Å². The number of benzene rings is 2. The number of nitrogens with zero attached hydrogens (tertiary/aromatic N) is 3. The second-order valence-electron chi connectivity index (χ2n) is 9.39.